The van der Waals surface area contributed by atoms with Crippen molar-refractivity contribution in [3.63, 3.8) is 0 Å². The molecule has 0 aliphatic heterocycles. The molecule has 0 saturated heterocycles. The van der Waals surface area contributed by atoms with Gasteiger partial charge in [0.2, 0.25) is 6.43 Å². The summed E-state index contributed by atoms with van der Waals surface area (Å²) in [5, 5.41) is 4.33. The molecule has 2 aliphatic rings. The van der Waals surface area contributed by atoms with Gasteiger partial charge in [-0.1, -0.05) is 6.42 Å². The van der Waals surface area contributed by atoms with Gasteiger partial charge in [0, 0.05) is 23.3 Å². The summed E-state index contributed by atoms with van der Waals surface area (Å²) < 4.78 is 24.6. The summed E-state index contributed by atoms with van der Waals surface area (Å²) in [6, 6.07) is 0.944. The lowest BCUT2D eigenvalue weighted by molar-refractivity contribution is 0.0123. The van der Waals surface area contributed by atoms with Gasteiger partial charge >= 0.3 is 0 Å². The molecule has 1 nitrogen and oxygen atoms in total. The van der Waals surface area contributed by atoms with Crippen LogP contribution in [0.5, 0.6) is 0 Å². The summed E-state index contributed by atoms with van der Waals surface area (Å²) in [6.45, 7) is 0. The first kappa shape index (κ1) is 12.6. The third kappa shape index (κ3) is 3.10. The van der Waals surface area contributed by atoms with E-state index in [2.05, 4.69) is 11.6 Å². The first-order chi connectivity index (χ1) is 7.69. The van der Waals surface area contributed by atoms with Gasteiger partial charge in [0.05, 0.1) is 0 Å². The van der Waals surface area contributed by atoms with Crippen LogP contribution in [0.2, 0.25) is 0 Å². The van der Waals surface area contributed by atoms with Gasteiger partial charge in [-0.25, -0.2) is 8.78 Å². The minimum absolute atomic E-state index is 0.336. The Hall–Kier alpha value is 0.170. The lowest BCUT2D eigenvalue weighted by Gasteiger charge is -2.40. The standard InChI is InChI=1S/C12H21F2NS/c1-16-11-4-2-3-9(7-11)15-10-5-8(6-10)12(13)14/h8-12,15H,2-7H2,1H3. The van der Waals surface area contributed by atoms with E-state index in [1.54, 1.807) is 0 Å². The van der Waals surface area contributed by atoms with Gasteiger partial charge in [-0.3, -0.25) is 0 Å². The van der Waals surface area contributed by atoms with Gasteiger partial charge in [-0.2, -0.15) is 11.8 Å². The van der Waals surface area contributed by atoms with Gasteiger partial charge in [-0.15, -0.1) is 0 Å². The Kier molecular flexibility index (Phi) is 4.48. The van der Waals surface area contributed by atoms with Crippen LogP contribution in [0.15, 0.2) is 0 Å². The minimum atomic E-state index is -2.11. The first-order valence-electron chi connectivity index (χ1n) is 6.26. The predicted octanol–water partition coefficient (Wildman–Crippen LogP) is 3.29. The summed E-state index contributed by atoms with van der Waals surface area (Å²) >= 11 is 1.95. The molecule has 0 bridgehead atoms. The van der Waals surface area contributed by atoms with E-state index >= 15 is 0 Å². The molecule has 4 heteroatoms. The lowest BCUT2D eigenvalue weighted by atomic mass is 9.79. The Balaban J connectivity index is 1.67. The smallest absolute Gasteiger partial charge is 0.241 e. The zero-order valence-electron chi connectivity index (χ0n) is 9.79. The SMILES string of the molecule is CSC1CCCC(NC2CC(C(F)F)C2)C1. The largest absolute Gasteiger partial charge is 0.311 e. The normalized spacial score (nSPS) is 39.8. The molecule has 16 heavy (non-hydrogen) atoms. The molecular formula is C12H21F2NS. The van der Waals surface area contributed by atoms with Crippen molar-refractivity contribution in [1.29, 1.82) is 0 Å². The van der Waals surface area contributed by atoms with E-state index in [0.29, 0.717) is 24.9 Å². The summed E-state index contributed by atoms with van der Waals surface area (Å²) in [5.41, 5.74) is 0. The van der Waals surface area contributed by atoms with E-state index < -0.39 is 6.43 Å². The minimum Gasteiger partial charge on any atom is -0.311 e. The van der Waals surface area contributed by atoms with Crippen molar-refractivity contribution >= 4 is 11.8 Å². The number of hydrogen-bond donors (Lipinski definition) is 1. The third-order valence-corrected chi connectivity index (χ3v) is 5.06. The second-order valence-corrected chi connectivity index (χ2v) is 6.29. The molecule has 0 aromatic rings. The fourth-order valence-electron chi connectivity index (χ4n) is 2.85. The maximum atomic E-state index is 12.3. The van der Waals surface area contributed by atoms with Crippen LogP contribution in [0.1, 0.15) is 38.5 Å². The summed E-state index contributed by atoms with van der Waals surface area (Å²) in [4.78, 5) is 0. The highest BCUT2D eigenvalue weighted by Crippen LogP contribution is 2.34. The second-order valence-electron chi connectivity index (χ2n) is 5.15. The van der Waals surface area contributed by atoms with E-state index in [1.165, 1.54) is 25.7 Å². The van der Waals surface area contributed by atoms with Crippen LogP contribution in [0, 0.1) is 5.92 Å². The molecule has 0 radical (unpaired) electrons. The van der Waals surface area contributed by atoms with Gasteiger partial charge in [-0.05, 0) is 38.4 Å². The fourth-order valence-corrected chi connectivity index (χ4v) is 3.67. The molecule has 2 atom stereocenters. The molecule has 0 amide bonds. The van der Waals surface area contributed by atoms with Crippen molar-refractivity contribution in [2.75, 3.05) is 6.26 Å². The van der Waals surface area contributed by atoms with Gasteiger partial charge in [0.15, 0.2) is 0 Å². The molecule has 2 saturated carbocycles. The average Bonchev–Trinajstić information content (AvgIpc) is 2.22. The first-order valence-corrected chi connectivity index (χ1v) is 7.54. The van der Waals surface area contributed by atoms with Gasteiger partial charge in [0.25, 0.3) is 0 Å². The number of nitrogens with one attached hydrogen (secondary N) is 1. The number of rotatable bonds is 4. The van der Waals surface area contributed by atoms with Crippen molar-refractivity contribution in [2.24, 2.45) is 5.92 Å². The monoisotopic (exact) mass is 249 g/mol. The van der Waals surface area contributed by atoms with Crippen molar-refractivity contribution in [3.8, 4) is 0 Å². The quantitative estimate of drug-likeness (QED) is 0.820. The predicted molar refractivity (Wildman–Crippen MR) is 65.2 cm³/mol. The molecule has 0 aromatic heterocycles. The molecule has 2 unspecified atom stereocenters. The van der Waals surface area contributed by atoms with Crippen molar-refractivity contribution in [1.82, 2.24) is 5.32 Å². The van der Waals surface area contributed by atoms with Gasteiger partial charge < -0.3 is 5.32 Å². The molecule has 2 fully saturated rings. The number of halogens is 2. The van der Waals surface area contributed by atoms with Crippen LogP contribution in [0.25, 0.3) is 0 Å². The Bertz CT molecular complexity index is 219. The van der Waals surface area contributed by atoms with Crippen LogP contribution in [0.3, 0.4) is 0 Å². The number of alkyl halides is 2. The maximum Gasteiger partial charge on any atom is 0.241 e. The lowest BCUT2D eigenvalue weighted by Crippen LogP contribution is -2.49. The zero-order chi connectivity index (χ0) is 11.5. The zero-order valence-corrected chi connectivity index (χ0v) is 10.6. The van der Waals surface area contributed by atoms with E-state index in [9.17, 15) is 8.78 Å². The Morgan fingerprint density at radius 1 is 1.12 bits per heavy atom. The van der Waals surface area contributed by atoms with E-state index in [0.717, 1.165) is 5.25 Å². The highest BCUT2D eigenvalue weighted by molar-refractivity contribution is 7.99. The molecule has 0 spiro atoms. The highest BCUT2D eigenvalue weighted by Gasteiger charge is 2.36. The Morgan fingerprint density at radius 3 is 2.50 bits per heavy atom. The molecular weight excluding hydrogens is 228 g/mol. The summed E-state index contributed by atoms with van der Waals surface area (Å²) in [6.07, 6.45) is 6.48. The summed E-state index contributed by atoms with van der Waals surface area (Å²) in [7, 11) is 0. The molecule has 2 aliphatic carbocycles. The van der Waals surface area contributed by atoms with Crippen LogP contribution in [-0.2, 0) is 0 Å². The van der Waals surface area contributed by atoms with Gasteiger partial charge in [0.1, 0.15) is 0 Å². The molecule has 1 N–H and O–H groups in total. The van der Waals surface area contributed by atoms with Crippen LogP contribution in [0.4, 0.5) is 8.78 Å². The van der Waals surface area contributed by atoms with E-state index in [-0.39, 0.29) is 5.92 Å². The maximum absolute atomic E-state index is 12.3. The summed E-state index contributed by atoms with van der Waals surface area (Å²) in [5.74, 6) is -0.336. The topological polar surface area (TPSA) is 12.0 Å². The van der Waals surface area contributed by atoms with Crippen molar-refractivity contribution < 1.29 is 8.78 Å². The van der Waals surface area contributed by atoms with Crippen LogP contribution < -0.4 is 5.32 Å². The second kappa shape index (κ2) is 5.67. The van der Waals surface area contributed by atoms with Crippen molar-refractivity contribution in [3.05, 3.63) is 0 Å². The third-order valence-electron chi connectivity index (χ3n) is 3.96. The average molecular weight is 249 g/mol. The van der Waals surface area contributed by atoms with Crippen molar-refractivity contribution in [2.45, 2.75) is 62.3 Å². The van der Waals surface area contributed by atoms with Crippen LogP contribution >= 0.6 is 11.8 Å². The Morgan fingerprint density at radius 2 is 1.88 bits per heavy atom. The molecule has 94 valence electrons. The molecule has 0 aromatic carbocycles. The van der Waals surface area contributed by atoms with E-state index in [1.807, 2.05) is 11.8 Å². The number of thioether (sulfide) groups is 1. The molecule has 2 rings (SSSR count). The molecule has 0 heterocycles. The number of hydrogen-bond acceptors (Lipinski definition) is 2. The van der Waals surface area contributed by atoms with E-state index in [4.69, 9.17) is 0 Å². The Labute approximate surface area is 101 Å². The van der Waals surface area contributed by atoms with Crippen LogP contribution in [-0.4, -0.2) is 30.0 Å². The fraction of sp³-hybridized carbons (Fsp3) is 1.00. The highest BCUT2D eigenvalue weighted by atomic mass is 32.2.